The van der Waals surface area contributed by atoms with Gasteiger partial charge in [-0.25, -0.2) is 0 Å². The second-order valence-electron chi connectivity index (χ2n) is 5.29. The lowest BCUT2D eigenvalue weighted by Crippen LogP contribution is -2.13. The van der Waals surface area contributed by atoms with Crippen molar-refractivity contribution in [2.24, 2.45) is 0 Å². The minimum absolute atomic E-state index is 0.251. The summed E-state index contributed by atoms with van der Waals surface area (Å²) in [6.07, 6.45) is 3.00. The highest BCUT2D eigenvalue weighted by molar-refractivity contribution is 5.31. The van der Waals surface area contributed by atoms with Gasteiger partial charge in [-0.1, -0.05) is 23.4 Å². The number of rotatable bonds is 3. The molecule has 0 bridgehead atoms. The SMILES string of the molecule is Cc1ccc(Cc2noc(C3CCCN3)n2)cc1C. The minimum atomic E-state index is 0.251. The first-order valence-corrected chi connectivity index (χ1v) is 6.84. The molecule has 3 rings (SSSR count). The lowest BCUT2D eigenvalue weighted by atomic mass is 10.0. The summed E-state index contributed by atoms with van der Waals surface area (Å²) in [6.45, 7) is 5.29. The summed E-state index contributed by atoms with van der Waals surface area (Å²) < 4.78 is 5.35. The van der Waals surface area contributed by atoms with E-state index in [4.69, 9.17) is 4.52 Å². The van der Waals surface area contributed by atoms with Gasteiger partial charge in [0.2, 0.25) is 5.89 Å². The van der Waals surface area contributed by atoms with Crippen LogP contribution in [-0.4, -0.2) is 16.7 Å². The third-order valence-corrected chi connectivity index (χ3v) is 3.78. The van der Waals surface area contributed by atoms with E-state index in [0.717, 1.165) is 31.1 Å². The Morgan fingerprint density at radius 2 is 2.21 bits per heavy atom. The standard InChI is InChI=1S/C15H19N3O/c1-10-5-6-12(8-11(10)2)9-14-17-15(19-18-14)13-4-3-7-16-13/h5-6,8,13,16H,3-4,7,9H2,1-2H3. The first kappa shape index (κ1) is 12.4. The molecule has 1 aliphatic heterocycles. The Balaban J connectivity index is 1.74. The topological polar surface area (TPSA) is 51.0 Å². The molecule has 1 N–H and O–H groups in total. The molecule has 19 heavy (non-hydrogen) atoms. The lowest BCUT2D eigenvalue weighted by Gasteiger charge is -2.03. The first-order chi connectivity index (χ1) is 9.22. The molecule has 1 unspecified atom stereocenters. The first-order valence-electron chi connectivity index (χ1n) is 6.84. The van der Waals surface area contributed by atoms with Crippen LogP contribution in [0.3, 0.4) is 0 Å². The summed E-state index contributed by atoms with van der Waals surface area (Å²) in [6, 6.07) is 6.72. The molecular formula is C15H19N3O. The Labute approximate surface area is 113 Å². The van der Waals surface area contributed by atoms with E-state index >= 15 is 0 Å². The summed E-state index contributed by atoms with van der Waals surface area (Å²) in [5, 5.41) is 7.45. The zero-order valence-corrected chi connectivity index (χ0v) is 11.4. The molecular weight excluding hydrogens is 238 g/mol. The molecule has 2 heterocycles. The molecule has 0 amide bonds. The second-order valence-corrected chi connectivity index (χ2v) is 5.29. The van der Waals surface area contributed by atoms with Gasteiger partial charge in [0.1, 0.15) is 0 Å². The van der Waals surface area contributed by atoms with Crippen LogP contribution in [0, 0.1) is 13.8 Å². The maximum absolute atomic E-state index is 5.35. The van der Waals surface area contributed by atoms with Crippen molar-refractivity contribution in [3.63, 3.8) is 0 Å². The number of nitrogens with zero attached hydrogens (tertiary/aromatic N) is 2. The lowest BCUT2D eigenvalue weighted by molar-refractivity contribution is 0.341. The van der Waals surface area contributed by atoms with Crippen LogP contribution in [0.4, 0.5) is 0 Å². The third kappa shape index (κ3) is 2.68. The maximum Gasteiger partial charge on any atom is 0.243 e. The van der Waals surface area contributed by atoms with Crippen LogP contribution in [0.25, 0.3) is 0 Å². The van der Waals surface area contributed by atoms with Crippen LogP contribution in [0.15, 0.2) is 22.7 Å². The van der Waals surface area contributed by atoms with Gasteiger partial charge in [0.15, 0.2) is 5.82 Å². The fourth-order valence-corrected chi connectivity index (χ4v) is 2.47. The number of hydrogen-bond donors (Lipinski definition) is 1. The van der Waals surface area contributed by atoms with Gasteiger partial charge in [-0.2, -0.15) is 4.98 Å². The van der Waals surface area contributed by atoms with Gasteiger partial charge in [-0.3, -0.25) is 0 Å². The van der Waals surface area contributed by atoms with Gasteiger partial charge >= 0.3 is 0 Å². The number of benzene rings is 1. The Morgan fingerprint density at radius 3 is 2.95 bits per heavy atom. The van der Waals surface area contributed by atoms with Gasteiger partial charge in [-0.05, 0) is 49.9 Å². The maximum atomic E-state index is 5.35. The van der Waals surface area contributed by atoms with Crippen molar-refractivity contribution in [2.45, 2.75) is 39.2 Å². The molecule has 1 aromatic heterocycles. The molecule has 0 saturated carbocycles. The molecule has 1 fully saturated rings. The normalized spacial score (nSPS) is 18.9. The van der Waals surface area contributed by atoms with Crippen LogP contribution in [0.1, 0.15) is 47.3 Å². The molecule has 0 spiro atoms. The molecule has 0 radical (unpaired) electrons. The molecule has 2 aromatic rings. The van der Waals surface area contributed by atoms with Crippen molar-refractivity contribution in [2.75, 3.05) is 6.54 Å². The Bertz CT molecular complexity index is 571. The van der Waals surface area contributed by atoms with Crippen LogP contribution in [-0.2, 0) is 6.42 Å². The molecule has 1 aliphatic rings. The van der Waals surface area contributed by atoms with Gasteiger partial charge in [0, 0.05) is 6.42 Å². The van der Waals surface area contributed by atoms with E-state index in [1.54, 1.807) is 0 Å². The minimum Gasteiger partial charge on any atom is -0.338 e. The van der Waals surface area contributed by atoms with Crippen LogP contribution in [0.5, 0.6) is 0 Å². The molecule has 1 atom stereocenters. The quantitative estimate of drug-likeness (QED) is 0.918. The van der Waals surface area contributed by atoms with Gasteiger partial charge in [-0.15, -0.1) is 0 Å². The van der Waals surface area contributed by atoms with Gasteiger partial charge < -0.3 is 9.84 Å². The third-order valence-electron chi connectivity index (χ3n) is 3.78. The number of hydrogen-bond acceptors (Lipinski definition) is 4. The summed E-state index contributed by atoms with van der Waals surface area (Å²) in [7, 11) is 0. The summed E-state index contributed by atoms with van der Waals surface area (Å²) in [4.78, 5) is 4.50. The van der Waals surface area contributed by atoms with Crippen molar-refractivity contribution in [1.29, 1.82) is 0 Å². The van der Waals surface area contributed by atoms with Gasteiger partial charge in [0.05, 0.1) is 6.04 Å². The van der Waals surface area contributed by atoms with Gasteiger partial charge in [0.25, 0.3) is 0 Å². The number of aromatic nitrogens is 2. The van der Waals surface area contributed by atoms with Crippen molar-refractivity contribution in [3.05, 3.63) is 46.6 Å². The average molecular weight is 257 g/mol. The molecule has 4 nitrogen and oxygen atoms in total. The van der Waals surface area contributed by atoms with Crippen molar-refractivity contribution >= 4 is 0 Å². The zero-order valence-electron chi connectivity index (χ0n) is 11.4. The van der Waals surface area contributed by atoms with Crippen LogP contribution in [0.2, 0.25) is 0 Å². The summed E-state index contributed by atoms with van der Waals surface area (Å²) in [5.74, 6) is 1.50. The van der Waals surface area contributed by atoms with E-state index in [-0.39, 0.29) is 6.04 Å². The molecule has 1 aromatic carbocycles. The highest BCUT2D eigenvalue weighted by Gasteiger charge is 2.22. The van der Waals surface area contributed by atoms with Crippen LogP contribution >= 0.6 is 0 Å². The van der Waals surface area contributed by atoms with Crippen molar-refractivity contribution < 1.29 is 4.52 Å². The molecule has 1 saturated heterocycles. The van der Waals surface area contributed by atoms with E-state index in [1.807, 2.05) is 0 Å². The Kier molecular flexibility index (Phi) is 3.34. The number of aryl methyl sites for hydroxylation is 2. The average Bonchev–Trinajstić information content (AvgIpc) is 3.04. The fourth-order valence-electron chi connectivity index (χ4n) is 2.47. The number of nitrogens with one attached hydrogen (secondary N) is 1. The Morgan fingerprint density at radius 1 is 1.32 bits per heavy atom. The smallest absolute Gasteiger partial charge is 0.243 e. The molecule has 0 aliphatic carbocycles. The molecule has 100 valence electrons. The summed E-state index contributed by atoms with van der Waals surface area (Å²) in [5.41, 5.74) is 3.85. The van der Waals surface area contributed by atoms with E-state index in [1.165, 1.54) is 23.1 Å². The van der Waals surface area contributed by atoms with Crippen LogP contribution < -0.4 is 5.32 Å². The fraction of sp³-hybridized carbons (Fsp3) is 0.467. The highest BCUT2D eigenvalue weighted by atomic mass is 16.5. The van der Waals surface area contributed by atoms with E-state index in [9.17, 15) is 0 Å². The molecule has 4 heteroatoms. The monoisotopic (exact) mass is 257 g/mol. The van der Waals surface area contributed by atoms with Crippen molar-refractivity contribution in [1.82, 2.24) is 15.5 Å². The Hall–Kier alpha value is -1.68. The van der Waals surface area contributed by atoms with Crippen molar-refractivity contribution in [3.8, 4) is 0 Å². The largest absolute Gasteiger partial charge is 0.338 e. The van der Waals surface area contributed by atoms with E-state index < -0.39 is 0 Å². The zero-order chi connectivity index (χ0) is 13.2. The predicted molar refractivity (Wildman–Crippen MR) is 73.0 cm³/mol. The highest BCUT2D eigenvalue weighted by Crippen LogP contribution is 2.21. The van der Waals surface area contributed by atoms with E-state index in [2.05, 4.69) is 47.5 Å². The van der Waals surface area contributed by atoms with E-state index in [0.29, 0.717) is 0 Å². The summed E-state index contributed by atoms with van der Waals surface area (Å²) >= 11 is 0. The predicted octanol–water partition coefficient (Wildman–Crippen LogP) is 2.70. The second kappa shape index (κ2) is 5.13.